The van der Waals surface area contributed by atoms with E-state index in [-0.39, 0.29) is 23.3 Å². The van der Waals surface area contributed by atoms with Crippen molar-refractivity contribution in [2.45, 2.75) is 63.7 Å². The maximum atomic E-state index is 12.4. The number of hydrogen-bond acceptors (Lipinski definition) is 3. The van der Waals surface area contributed by atoms with Crippen molar-refractivity contribution in [3.05, 3.63) is 28.8 Å². The fraction of sp³-hybridized carbons (Fsp3) is 0.588. The van der Waals surface area contributed by atoms with Gasteiger partial charge in [0.2, 0.25) is 0 Å². The van der Waals surface area contributed by atoms with Crippen molar-refractivity contribution in [1.82, 2.24) is 10.2 Å². The first kappa shape index (κ1) is 15.6. The third-order valence-corrected chi connectivity index (χ3v) is 5.16. The molecule has 1 aromatic rings. The number of benzene rings is 1. The molecule has 2 heterocycles. The Labute approximate surface area is 136 Å². The summed E-state index contributed by atoms with van der Waals surface area (Å²) >= 11 is 5.92. The van der Waals surface area contributed by atoms with Crippen LogP contribution < -0.4 is 5.32 Å². The van der Waals surface area contributed by atoms with Gasteiger partial charge in [0.25, 0.3) is 5.91 Å². The van der Waals surface area contributed by atoms with Crippen LogP contribution >= 0.6 is 11.6 Å². The molecule has 22 heavy (non-hydrogen) atoms. The number of halogens is 1. The van der Waals surface area contributed by atoms with Gasteiger partial charge in [0.05, 0.1) is 5.56 Å². The summed E-state index contributed by atoms with van der Waals surface area (Å²) in [4.78, 5) is 15.0. The fourth-order valence-electron chi connectivity index (χ4n) is 4.13. The van der Waals surface area contributed by atoms with Crippen LogP contribution in [0.5, 0.6) is 5.75 Å². The summed E-state index contributed by atoms with van der Waals surface area (Å²) in [5, 5.41) is 13.4. The Balaban J connectivity index is 1.68. The Kier molecular flexibility index (Phi) is 4.33. The van der Waals surface area contributed by atoms with Crippen LogP contribution in [0, 0.1) is 0 Å². The first-order valence-corrected chi connectivity index (χ1v) is 8.40. The number of amides is 1. The fourth-order valence-corrected chi connectivity index (χ4v) is 4.30. The zero-order valence-corrected chi connectivity index (χ0v) is 13.8. The SMILES string of the molecule is CC(C)N1[C@@H]2CC[C@H]1CC(NC(=O)c1cc(Cl)ccc1O)C2. The summed E-state index contributed by atoms with van der Waals surface area (Å²) < 4.78 is 0. The normalized spacial score (nSPS) is 28.1. The maximum Gasteiger partial charge on any atom is 0.255 e. The van der Waals surface area contributed by atoms with Gasteiger partial charge in [-0.15, -0.1) is 0 Å². The lowest BCUT2D eigenvalue weighted by Crippen LogP contribution is -2.52. The molecule has 5 heteroatoms. The number of phenols is 1. The number of piperidine rings is 1. The van der Waals surface area contributed by atoms with E-state index in [4.69, 9.17) is 11.6 Å². The van der Waals surface area contributed by atoms with Crippen molar-refractivity contribution in [3.63, 3.8) is 0 Å². The van der Waals surface area contributed by atoms with Gasteiger partial charge < -0.3 is 10.4 Å². The molecular formula is C17H23ClN2O2. The second-order valence-electron chi connectivity index (χ2n) is 6.73. The van der Waals surface area contributed by atoms with E-state index in [1.807, 2.05) is 0 Å². The molecule has 1 aromatic carbocycles. The van der Waals surface area contributed by atoms with Crippen molar-refractivity contribution in [2.75, 3.05) is 0 Å². The zero-order valence-electron chi connectivity index (χ0n) is 13.1. The first-order valence-electron chi connectivity index (χ1n) is 8.02. The summed E-state index contributed by atoms with van der Waals surface area (Å²) in [5.41, 5.74) is 0.256. The molecule has 4 nitrogen and oxygen atoms in total. The van der Waals surface area contributed by atoms with Crippen molar-refractivity contribution >= 4 is 17.5 Å². The minimum absolute atomic E-state index is 0.0236. The number of fused-ring (bicyclic) bond motifs is 2. The van der Waals surface area contributed by atoms with Crippen LogP contribution in [-0.4, -0.2) is 40.1 Å². The smallest absolute Gasteiger partial charge is 0.255 e. The van der Waals surface area contributed by atoms with E-state index in [1.54, 1.807) is 6.07 Å². The molecule has 2 aliphatic heterocycles. The average Bonchev–Trinajstić information content (AvgIpc) is 2.73. The molecule has 0 spiro atoms. The van der Waals surface area contributed by atoms with E-state index in [9.17, 15) is 9.90 Å². The van der Waals surface area contributed by atoms with Crippen LogP contribution in [0.1, 0.15) is 49.9 Å². The number of rotatable bonds is 3. The van der Waals surface area contributed by atoms with E-state index < -0.39 is 0 Å². The lowest BCUT2D eigenvalue weighted by atomic mass is 9.95. The summed E-state index contributed by atoms with van der Waals surface area (Å²) in [6.45, 7) is 4.49. The van der Waals surface area contributed by atoms with Gasteiger partial charge in [0.1, 0.15) is 5.75 Å². The van der Waals surface area contributed by atoms with Gasteiger partial charge in [-0.2, -0.15) is 0 Å². The third kappa shape index (κ3) is 2.95. The van der Waals surface area contributed by atoms with Crippen LogP contribution in [0.15, 0.2) is 18.2 Å². The van der Waals surface area contributed by atoms with Crippen LogP contribution in [0.3, 0.4) is 0 Å². The predicted octanol–water partition coefficient (Wildman–Crippen LogP) is 3.18. The topological polar surface area (TPSA) is 52.6 Å². The molecule has 1 unspecified atom stereocenters. The second kappa shape index (κ2) is 6.09. The number of nitrogens with zero attached hydrogens (tertiary/aromatic N) is 1. The highest BCUT2D eigenvalue weighted by Crippen LogP contribution is 2.37. The van der Waals surface area contributed by atoms with E-state index in [1.165, 1.54) is 25.0 Å². The number of hydrogen-bond donors (Lipinski definition) is 2. The molecule has 0 aliphatic carbocycles. The highest BCUT2D eigenvalue weighted by Gasteiger charge is 2.42. The number of aromatic hydroxyl groups is 1. The van der Waals surface area contributed by atoms with Crippen LogP contribution in [0.2, 0.25) is 5.02 Å². The average molecular weight is 323 g/mol. The highest BCUT2D eigenvalue weighted by molar-refractivity contribution is 6.31. The van der Waals surface area contributed by atoms with Crippen molar-refractivity contribution in [1.29, 1.82) is 0 Å². The molecule has 1 amide bonds. The summed E-state index contributed by atoms with van der Waals surface area (Å²) in [5.74, 6) is -0.258. The molecule has 2 saturated heterocycles. The largest absolute Gasteiger partial charge is 0.507 e. The Morgan fingerprint density at radius 2 is 1.95 bits per heavy atom. The van der Waals surface area contributed by atoms with Gasteiger partial charge >= 0.3 is 0 Å². The Bertz CT molecular complexity index is 562. The first-order chi connectivity index (χ1) is 10.5. The van der Waals surface area contributed by atoms with Gasteiger partial charge in [-0.25, -0.2) is 0 Å². The minimum Gasteiger partial charge on any atom is -0.507 e. The van der Waals surface area contributed by atoms with E-state index in [0.717, 1.165) is 12.8 Å². The molecule has 0 aromatic heterocycles. The number of phenolic OH excluding ortho intramolecular Hbond substituents is 1. The summed E-state index contributed by atoms with van der Waals surface area (Å²) in [6, 6.07) is 6.43. The molecule has 2 aliphatic rings. The lowest BCUT2D eigenvalue weighted by molar-refractivity contribution is 0.0738. The second-order valence-corrected chi connectivity index (χ2v) is 7.17. The molecule has 120 valence electrons. The van der Waals surface area contributed by atoms with Crippen LogP contribution in [-0.2, 0) is 0 Å². The number of carbonyl (C=O) groups excluding carboxylic acids is 1. The molecule has 3 rings (SSSR count). The van der Waals surface area contributed by atoms with Gasteiger partial charge in [-0.3, -0.25) is 9.69 Å². The maximum absolute atomic E-state index is 12.4. The van der Waals surface area contributed by atoms with Crippen molar-refractivity contribution in [2.24, 2.45) is 0 Å². The Morgan fingerprint density at radius 1 is 1.32 bits per heavy atom. The highest BCUT2D eigenvalue weighted by atomic mass is 35.5. The Hall–Kier alpha value is -1.26. The lowest BCUT2D eigenvalue weighted by Gasteiger charge is -2.41. The van der Waals surface area contributed by atoms with Crippen molar-refractivity contribution < 1.29 is 9.90 Å². The molecule has 0 saturated carbocycles. The van der Waals surface area contributed by atoms with E-state index in [2.05, 4.69) is 24.1 Å². The minimum atomic E-state index is -0.234. The third-order valence-electron chi connectivity index (χ3n) is 4.92. The molecule has 3 atom stereocenters. The monoisotopic (exact) mass is 322 g/mol. The molecule has 2 N–H and O–H groups in total. The zero-order chi connectivity index (χ0) is 15.9. The quantitative estimate of drug-likeness (QED) is 0.898. The molecule has 0 radical (unpaired) electrons. The van der Waals surface area contributed by atoms with Gasteiger partial charge in [-0.1, -0.05) is 11.6 Å². The van der Waals surface area contributed by atoms with Crippen LogP contribution in [0.25, 0.3) is 0 Å². The van der Waals surface area contributed by atoms with E-state index >= 15 is 0 Å². The predicted molar refractivity (Wildman–Crippen MR) is 87.4 cm³/mol. The van der Waals surface area contributed by atoms with Gasteiger partial charge in [0.15, 0.2) is 0 Å². The van der Waals surface area contributed by atoms with Crippen LogP contribution in [0.4, 0.5) is 0 Å². The molecular weight excluding hydrogens is 300 g/mol. The standard InChI is InChI=1S/C17H23ClN2O2/c1-10(2)20-13-4-5-14(20)9-12(8-13)19-17(22)15-7-11(18)3-6-16(15)21/h3,6-7,10,12-14,21H,4-5,8-9H2,1-2H3,(H,19,22)/t12?,13-,14+. The Morgan fingerprint density at radius 3 is 2.55 bits per heavy atom. The summed E-state index contributed by atoms with van der Waals surface area (Å²) in [6.07, 6.45) is 4.42. The van der Waals surface area contributed by atoms with Gasteiger partial charge in [-0.05, 0) is 57.7 Å². The van der Waals surface area contributed by atoms with E-state index in [0.29, 0.717) is 23.1 Å². The molecule has 2 fully saturated rings. The number of carbonyl (C=O) groups is 1. The number of nitrogens with one attached hydrogen (secondary N) is 1. The summed E-state index contributed by atoms with van der Waals surface area (Å²) in [7, 11) is 0. The molecule has 2 bridgehead atoms. The van der Waals surface area contributed by atoms with Gasteiger partial charge in [0, 0.05) is 29.2 Å². The van der Waals surface area contributed by atoms with Crippen molar-refractivity contribution in [3.8, 4) is 5.75 Å².